The van der Waals surface area contributed by atoms with E-state index in [1.165, 1.54) is 36.2 Å². The summed E-state index contributed by atoms with van der Waals surface area (Å²) in [4.78, 5) is 8.36. The van der Waals surface area contributed by atoms with E-state index in [9.17, 15) is 0 Å². The third kappa shape index (κ3) is 2.27. The second-order valence-electron chi connectivity index (χ2n) is 6.15. The molecule has 0 bridgehead atoms. The van der Waals surface area contributed by atoms with Gasteiger partial charge in [-0.25, -0.2) is 4.98 Å². The predicted molar refractivity (Wildman–Crippen MR) is 88.1 cm³/mol. The van der Waals surface area contributed by atoms with Crippen molar-refractivity contribution in [3.63, 3.8) is 0 Å². The van der Waals surface area contributed by atoms with Crippen LogP contribution in [0.3, 0.4) is 0 Å². The van der Waals surface area contributed by atoms with Gasteiger partial charge < -0.3 is 0 Å². The fourth-order valence-corrected chi connectivity index (χ4v) is 4.30. The minimum Gasteiger partial charge on any atom is -0.293 e. The second-order valence-corrected chi connectivity index (χ2v) is 7.02. The fraction of sp³-hybridized carbons (Fsp3) is 0.500. The summed E-state index contributed by atoms with van der Waals surface area (Å²) in [6.45, 7) is 6.36. The number of hydrogen-bond donors (Lipinski definition) is 1. The summed E-state index contributed by atoms with van der Waals surface area (Å²) in [5.41, 5.74) is 5.02. The number of nitrogens with one attached hydrogen (secondary N) is 1. The highest BCUT2D eigenvalue weighted by Gasteiger charge is 2.27. The van der Waals surface area contributed by atoms with E-state index in [0.717, 1.165) is 23.7 Å². The van der Waals surface area contributed by atoms with Crippen LogP contribution in [0, 0.1) is 13.8 Å². The van der Waals surface area contributed by atoms with Crippen molar-refractivity contribution >= 4 is 16.3 Å². The van der Waals surface area contributed by atoms with Crippen LogP contribution in [0.1, 0.15) is 47.9 Å². The lowest BCUT2D eigenvalue weighted by Crippen LogP contribution is -2.34. The number of aromatic amines is 1. The molecular weight excluding hydrogens is 294 g/mol. The average molecular weight is 315 g/mol. The van der Waals surface area contributed by atoms with Crippen molar-refractivity contribution in [3.05, 3.63) is 40.4 Å². The summed E-state index contributed by atoms with van der Waals surface area (Å²) in [7, 11) is 0. The second kappa shape index (κ2) is 5.52. The fourth-order valence-electron chi connectivity index (χ4n) is 3.52. The zero-order valence-electron chi connectivity index (χ0n) is 13.0. The van der Waals surface area contributed by atoms with Crippen LogP contribution in [0.15, 0.2) is 17.8 Å². The van der Waals surface area contributed by atoms with Crippen LogP contribution in [-0.4, -0.2) is 31.0 Å². The maximum absolute atomic E-state index is 4.68. The summed E-state index contributed by atoms with van der Waals surface area (Å²) in [6, 6.07) is 0.444. The third-order valence-corrected chi connectivity index (χ3v) is 5.49. The minimum absolute atomic E-state index is 0.444. The Morgan fingerprint density at radius 3 is 3.09 bits per heavy atom. The molecule has 0 unspecified atom stereocenters. The number of hydrogen-bond acceptors (Lipinski definition) is 4. The SMILES string of the molecule is Cc1cn[nH]c1[C@@H]1CCCCN1Cc1c(C)nc2sccn12. The largest absolute Gasteiger partial charge is 0.293 e. The van der Waals surface area contributed by atoms with Crippen LogP contribution < -0.4 is 0 Å². The Kier molecular flexibility index (Phi) is 3.50. The van der Waals surface area contributed by atoms with Crippen molar-refractivity contribution in [2.45, 2.75) is 45.7 Å². The van der Waals surface area contributed by atoms with E-state index < -0.39 is 0 Å². The van der Waals surface area contributed by atoms with Crippen molar-refractivity contribution in [1.82, 2.24) is 24.5 Å². The molecule has 1 saturated heterocycles. The van der Waals surface area contributed by atoms with Crippen LogP contribution in [0.4, 0.5) is 0 Å². The van der Waals surface area contributed by atoms with E-state index in [-0.39, 0.29) is 0 Å². The number of likely N-dealkylation sites (tertiary alicyclic amines) is 1. The quantitative estimate of drug-likeness (QED) is 0.805. The Balaban J connectivity index is 1.66. The average Bonchev–Trinajstić information content (AvgIpc) is 3.19. The maximum atomic E-state index is 4.68. The zero-order valence-corrected chi connectivity index (χ0v) is 13.9. The molecule has 0 saturated carbocycles. The maximum Gasteiger partial charge on any atom is 0.194 e. The number of rotatable bonds is 3. The molecule has 1 aliphatic heterocycles. The van der Waals surface area contributed by atoms with Crippen LogP contribution in [0.5, 0.6) is 0 Å². The number of H-pyrrole nitrogens is 1. The number of fused-ring (bicyclic) bond motifs is 1. The number of imidazole rings is 1. The van der Waals surface area contributed by atoms with Crippen molar-refractivity contribution in [3.8, 4) is 0 Å². The van der Waals surface area contributed by atoms with Gasteiger partial charge in [-0.15, -0.1) is 11.3 Å². The molecule has 22 heavy (non-hydrogen) atoms. The van der Waals surface area contributed by atoms with E-state index >= 15 is 0 Å². The first-order chi connectivity index (χ1) is 10.7. The molecule has 0 aromatic carbocycles. The number of nitrogens with zero attached hydrogens (tertiary/aromatic N) is 4. The summed E-state index contributed by atoms with van der Waals surface area (Å²) < 4.78 is 2.24. The van der Waals surface area contributed by atoms with Gasteiger partial charge in [0.05, 0.1) is 29.3 Å². The smallest absolute Gasteiger partial charge is 0.194 e. The first-order valence-corrected chi connectivity index (χ1v) is 8.77. The van der Waals surface area contributed by atoms with E-state index in [1.54, 1.807) is 11.3 Å². The molecule has 0 aliphatic carbocycles. The summed E-state index contributed by atoms with van der Waals surface area (Å²) in [5, 5.41) is 9.55. The van der Waals surface area contributed by atoms with E-state index in [0.29, 0.717) is 6.04 Å². The summed E-state index contributed by atoms with van der Waals surface area (Å²) in [5.74, 6) is 0. The summed E-state index contributed by atoms with van der Waals surface area (Å²) >= 11 is 1.70. The van der Waals surface area contributed by atoms with Crippen LogP contribution >= 0.6 is 11.3 Å². The van der Waals surface area contributed by atoms with Crippen LogP contribution in [-0.2, 0) is 6.54 Å². The number of thiazole rings is 1. The Hall–Kier alpha value is -1.66. The molecule has 1 atom stereocenters. The number of piperidine rings is 1. The van der Waals surface area contributed by atoms with Gasteiger partial charge in [0.2, 0.25) is 0 Å². The summed E-state index contributed by atoms with van der Waals surface area (Å²) in [6.07, 6.45) is 7.83. The molecule has 5 nitrogen and oxygen atoms in total. The molecule has 0 spiro atoms. The molecule has 3 aromatic rings. The minimum atomic E-state index is 0.444. The van der Waals surface area contributed by atoms with Crippen molar-refractivity contribution in [2.24, 2.45) is 0 Å². The number of aromatic nitrogens is 4. The molecule has 4 heterocycles. The molecule has 0 radical (unpaired) electrons. The van der Waals surface area contributed by atoms with Gasteiger partial charge >= 0.3 is 0 Å². The van der Waals surface area contributed by atoms with E-state index in [2.05, 4.69) is 49.9 Å². The van der Waals surface area contributed by atoms with Gasteiger partial charge in [0, 0.05) is 18.1 Å². The Labute approximate surface area is 134 Å². The molecular formula is C16H21N5S. The van der Waals surface area contributed by atoms with Gasteiger partial charge in [-0.3, -0.25) is 14.4 Å². The predicted octanol–water partition coefficient (Wildman–Crippen LogP) is 3.46. The topological polar surface area (TPSA) is 49.2 Å². The lowest BCUT2D eigenvalue weighted by Gasteiger charge is -2.35. The van der Waals surface area contributed by atoms with Crippen molar-refractivity contribution in [2.75, 3.05) is 6.54 Å². The molecule has 3 aromatic heterocycles. The monoisotopic (exact) mass is 315 g/mol. The molecule has 1 N–H and O–H groups in total. The molecule has 1 aliphatic rings. The first-order valence-electron chi connectivity index (χ1n) is 7.89. The number of aryl methyl sites for hydroxylation is 2. The highest BCUT2D eigenvalue weighted by Crippen LogP contribution is 2.33. The Morgan fingerprint density at radius 2 is 2.27 bits per heavy atom. The third-order valence-electron chi connectivity index (χ3n) is 4.73. The lowest BCUT2D eigenvalue weighted by molar-refractivity contribution is 0.134. The zero-order chi connectivity index (χ0) is 15.1. The van der Waals surface area contributed by atoms with Gasteiger partial charge in [-0.05, 0) is 38.8 Å². The molecule has 4 rings (SSSR count). The van der Waals surface area contributed by atoms with Gasteiger partial charge in [0.25, 0.3) is 0 Å². The van der Waals surface area contributed by atoms with Crippen LogP contribution in [0.2, 0.25) is 0 Å². The normalized spacial score (nSPS) is 20.0. The van der Waals surface area contributed by atoms with Crippen molar-refractivity contribution in [1.29, 1.82) is 0 Å². The van der Waals surface area contributed by atoms with Gasteiger partial charge in [-0.2, -0.15) is 5.10 Å². The van der Waals surface area contributed by atoms with E-state index in [4.69, 9.17) is 0 Å². The highest BCUT2D eigenvalue weighted by atomic mass is 32.1. The standard InChI is InChI=1S/C16H21N5S/c1-11-9-17-19-15(11)13-5-3-4-6-20(13)10-14-12(2)18-16-21(14)7-8-22-16/h7-9,13H,3-6,10H2,1-2H3,(H,17,19)/t13-/m0/s1. The molecule has 116 valence electrons. The van der Waals surface area contributed by atoms with Gasteiger partial charge in [0.1, 0.15) is 0 Å². The van der Waals surface area contributed by atoms with Crippen LogP contribution in [0.25, 0.3) is 4.96 Å². The first kappa shape index (κ1) is 14.0. The van der Waals surface area contributed by atoms with E-state index in [1.807, 2.05) is 6.20 Å². The lowest BCUT2D eigenvalue weighted by atomic mass is 9.97. The molecule has 6 heteroatoms. The Bertz CT molecular complexity index is 784. The van der Waals surface area contributed by atoms with Gasteiger partial charge in [-0.1, -0.05) is 6.42 Å². The highest BCUT2D eigenvalue weighted by molar-refractivity contribution is 7.15. The Morgan fingerprint density at radius 1 is 1.36 bits per heavy atom. The van der Waals surface area contributed by atoms with Gasteiger partial charge in [0.15, 0.2) is 4.96 Å². The molecule has 1 fully saturated rings. The van der Waals surface area contributed by atoms with Crippen molar-refractivity contribution < 1.29 is 0 Å². The molecule has 0 amide bonds.